The first-order valence-electron chi connectivity index (χ1n) is 12.6. The smallest absolute Gasteiger partial charge is 0.408 e. The van der Waals surface area contributed by atoms with Crippen LogP contribution in [0.15, 0.2) is 30.5 Å². The Morgan fingerprint density at radius 3 is 2.11 bits per heavy atom. The molecule has 2 aromatic rings. The molecule has 0 atom stereocenters. The average Bonchev–Trinajstić information content (AvgIpc) is 2.83. The van der Waals surface area contributed by atoms with Gasteiger partial charge in [-0.2, -0.15) is 0 Å². The molecule has 11 heteroatoms. The highest BCUT2D eigenvalue weighted by Crippen LogP contribution is 2.26. The third-order valence-corrected chi connectivity index (χ3v) is 5.34. The van der Waals surface area contributed by atoms with Crippen LogP contribution in [0.4, 0.5) is 9.59 Å². The number of fused-ring (bicyclic) bond motifs is 1. The molecule has 1 aliphatic heterocycles. The number of ether oxygens (including phenoxy) is 2. The topological polar surface area (TPSA) is 133 Å². The highest BCUT2D eigenvalue weighted by molar-refractivity contribution is 5.87. The molecule has 3 amide bonds. The molecular formula is C27H41N5O6. The predicted octanol–water partition coefficient (Wildman–Crippen LogP) is 3.25. The summed E-state index contributed by atoms with van der Waals surface area (Å²) in [6, 6.07) is 7.41. The number of benzene rings is 1. The molecule has 210 valence electrons. The molecule has 0 spiro atoms. The zero-order valence-electron chi connectivity index (χ0n) is 23.5. The van der Waals surface area contributed by atoms with Crippen LogP contribution in [0.25, 0.3) is 10.9 Å². The number of rotatable bonds is 4. The molecule has 0 saturated carbocycles. The second kappa shape index (κ2) is 13.3. The zero-order chi connectivity index (χ0) is 28.5. The molecule has 1 aromatic heterocycles. The predicted molar refractivity (Wildman–Crippen MR) is 145 cm³/mol. The maximum absolute atomic E-state index is 12.3. The maximum atomic E-state index is 12.3. The van der Waals surface area contributed by atoms with E-state index in [4.69, 9.17) is 9.47 Å². The number of amides is 3. The summed E-state index contributed by atoms with van der Waals surface area (Å²) in [7, 11) is 1.54. The zero-order valence-corrected chi connectivity index (χ0v) is 23.5. The molecule has 0 radical (unpaired) electrons. The monoisotopic (exact) mass is 531 g/mol. The SMILES string of the molecule is CC(C)(C)OC(=O)NCC(=O)N1CCN(Cc2ccc(O)c3ncccc23)CC1.CNC(=O)OC(C)(C)C. The fourth-order valence-corrected chi connectivity index (χ4v) is 3.65. The second-order valence-corrected chi connectivity index (χ2v) is 10.9. The van der Waals surface area contributed by atoms with Crippen LogP contribution < -0.4 is 10.6 Å². The third kappa shape index (κ3) is 10.4. The number of phenols is 1. The maximum Gasteiger partial charge on any atom is 0.408 e. The first kappa shape index (κ1) is 30.6. The molecule has 3 rings (SSSR count). The Morgan fingerprint density at radius 2 is 1.55 bits per heavy atom. The molecule has 11 nitrogen and oxygen atoms in total. The van der Waals surface area contributed by atoms with Gasteiger partial charge in [0.25, 0.3) is 0 Å². The quantitative estimate of drug-likeness (QED) is 0.548. The van der Waals surface area contributed by atoms with Crippen LogP contribution in [0, 0.1) is 0 Å². The molecule has 3 N–H and O–H groups in total. The Balaban J connectivity index is 0.000000484. The van der Waals surface area contributed by atoms with Crippen molar-refractivity contribution in [3.8, 4) is 5.75 Å². The lowest BCUT2D eigenvalue weighted by molar-refractivity contribution is -0.132. The lowest BCUT2D eigenvalue weighted by Gasteiger charge is -2.35. The summed E-state index contributed by atoms with van der Waals surface area (Å²) in [5.74, 6) is 0.0621. The van der Waals surface area contributed by atoms with E-state index in [-0.39, 0.29) is 29.9 Å². The molecule has 1 aliphatic rings. The Hall–Kier alpha value is -3.60. The van der Waals surface area contributed by atoms with Crippen molar-refractivity contribution in [1.82, 2.24) is 25.4 Å². The van der Waals surface area contributed by atoms with Crippen molar-refractivity contribution in [2.45, 2.75) is 59.3 Å². The number of aromatic nitrogens is 1. The number of phenolic OH excluding ortho intramolecular Hbond substituents is 1. The van der Waals surface area contributed by atoms with Gasteiger partial charge in [0.15, 0.2) is 0 Å². The highest BCUT2D eigenvalue weighted by atomic mass is 16.6. The van der Waals surface area contributed by atoms with E-state index in [9.17, 15) is 19.5 Å². The Bertz CT molecular complexity index is 1100. The largest absolute Gasteiger partial charge is 0.506 e. The number of hydrogen-bond donors (Lipinski definition) is 3. The normalized spacial score (nSPS) is 14.2. The number of piperazine rings is 1. The van der Waals surface area contributed by atoms with E-state index in [1.54, 1.807) is 37.9 Å². The van der Waals surface area contributed by atoms with Crippen LogP contribution in [0.1, 0.15) is 47.1 Å². The van der Waals surface area contributed by atoms with Crippen molar-refractivity contribution in [3.05, 3.63) is 36.0 Å². The van der Waals surface area contributed by atoms with E-state index in [1.807, 2.05) is 39.0 Å². The number of carbonyl (C=O) groups is 3. The Labute approximate surface area is 224 Å². The number of pyridine rings is 1. The van der Waals surface area contributed by atoms with Gasteiger partial charge in [0.05, 0.1) is 0 Å². The van der Waals surface area contributed by atoms with Crippen molar-refractivity contribution >= 4 is 29.0 Å². The summed E-state index contributed by atoms with van der Waals surface area (Å²) in [6.07, 6.45) is 0.696. The van der Waals surface area contributed by atoms with Gasteiger partial charge in [-0.3, -0.25) is 14.7 Å². The van der Waals surface area contributed by atoms with E-state index < -0.39 is 11.7 Å². The Morgan fingerprint density at radius 1 is 0.947 bits per heavy atom. The van der Waals surface area contributed by atoms with Crippen LogP contribution in [0.5, 0.6) is 5.75 Å². The number of nitrogens with zero attached hydrogens (tertiary/aromatic N) is 3. The van der Waals surface area contributed by atoms with Crippen molar-refractivity contribution in [2.24, 2.45) is 0 Å². The molecule has 0 aliphatic carbocycles. The summed E-state index contributed by atoms with van der Waals surface area (Å²) in [5, 5.41) is 15.8. The van der Waals surface area contributed by atoms with Crippen LogP contribution >= 0.6 is 0 Å². The van der Waals surface area contributed by atoms with Gasteiger partial charge < -0.3 is 30.1 Å². The fourth-order valence-electron chi connectivity index (χ4n) is 3.65. The fraction of sp³-hybridized carbons (Fsp3) is 0.556. The lowest BCUT2D eigenvalue weighted by atomic mass is 10.1. The van der Waals surface area contributed by atoms with Gasteiger partial charge in [-0.25, -0.2) is 9.59 Å². The summed E-state index contributed by atoms with van der Waals surface area (Å²) in [6.45, 7) is 14.1. The third-order valence-electron chi connectivity index (χ3n) is 5.34. The van der Waals surface area contributed by atoms with Gasteiger partial charge in [-0.1, -0.05) is 12.1 Å². The minimum atomic E-state index is -0.591. The minimum Gasteiger partial charge on any atom is -0.506 e. The van der Waals surface area contributed by atoms with Gasteiger partial charge in [0, 0.05) is 51.4 Å². The van der Waals surface area contributed by atoms with Gasteiger partial charge in [-0.05, 0) is 59.2 Å². The standard InChI is InChI=1S/C21H28N4O4.C6H13NO2/c1-21(2,3)29-20(28)23-13-18(27)25-11-9-24(10-12-25)14-15-6-7-17(26)19-16(15)5-4-8-22-19;1-6(2,3)9-5(8)7-4/h4-8,26H,9-14H2,1-3H3,(H,23,28);1-4H3,(H,7,8). The molecule has 38 heavy (non-hydrogen) atoms. The number of alkyl carbamates (subject to hydrolysis) is 2. The van der Waals surface area contributed by atoms with E-state index >= 15 is 0 Å². The highest BCUT2D eigenvalue weighted by Gasteiger charge is 2.23. The number of carbonyl (C=O) groups excluding carboxylic acids is 3. The van der Waals surface area contributed by atoms with Gasteiger partial charge >= 0.3 is 12.2 Å². The van der Waals surface area contributed by atoms with E-state index in [0.717, 1.165) is 30.6 Å². The van der Waals surface area contributed by atoms with Crippen LogP contribution in [0.3, 0.4) is 0 Å². The van der Waals surface area contributed by atoms with Crippen LogP contribution in [-0.2, 0) is 20.8 Å². The van der Waals surface area contributed by atoms with Gasteiger partial charge in [0.2, 0.25) is 5.91 Å². The average molecular weight is 532 g/mol. The molecule has 2 heterocycles. The van der Waals surface area contributed by atoms with Crippen molar-refractivity contribution in [1.29, 1.82) is 0 Å². The lowest BCUT2D eigenvalue weighted by Crippen LogP contribution is -2.51. The summed E-state index contributed by atoms with van der Waals surface area (Å²) in [5.41, 5.74) is 0.719. The molecule has 1 fully saturated rings. The summed E-state index contributed by atoms with van der Waals surface area (Å²) in [4.78, 5) is 42.8. The first-order valence-corrected chi connectivity index (χ1v) is 12.6. The molecular weight excluding hydrogens is 490 g/mol. The Kier molecular flexibility index (Phi) is 10.7. The number of aromatic hydroxyl groups is 1. The molecule has 1 saturated heterocycles. The minimum absolute atomic E-state index is 0.0663. The van der Waals surface area contributed by atoms with Crippen molar-refractivity contribution in [2.75, 3.05) is 39.8 Å². The van der Waals surface area contributed by atoms with Gasteiger partial charge in [-0.15, -0.1) is 0 Å². The van der Waals surface area contributed by atoms with Crippen LogP contribution in [0.2, 0.25) is 0 Å². The van der Waals surface area contributed by atoms with E-state index in [1.165, 1.54) is 7.05 Å². The number of hydrogen-bond acceptors (Lipinski definition) is 8. The molecule has 0 unspecified atom stereocenters. The summed E-state index contributed by atoms with van der Waals surface area (Å²) < 4.78 is 9.99. The number of nitrogens with one attached hydrogen (secondary N) is 2. The second-order valence-electron chi connectivity index (χ2n) is 10.9. The van der Waals surface area contributed by atoms with E-state index in [0.29, 0.717) is 18.6 Å². The van der Waals surface area contributed by atoms with E-state index in [2.05, 4.69) is 20.5 Å². The van der Waals surface area contributed by atoms with Crippen molar-refractivity contribution in [3.63, 3.8) is 0 Å². The van der Waals surface area contributed by atoms with Crippen LogP contribution in [-0.4, -0.2) is 89.0 Å². The molecule has 1 aromatic carbocycles. The first-order chi connectivity index (χ1) is 17.7. The molecule has 0 bridgehead atoms. The van der Waals surface area contributed by atoms with Gasteiger partial charge in [0.1, 0.15) is 29.0 Å². The van der Waals surface area contributed by atoms with Crippen molar-refractivity contribution < 1.29 is 29.0 Å². The summed E-state index contributed by atoms with van der Waals surface area (Å²) >= 11 is 0.